The Morgan fingerprint density at radius 3 is 2.57 bits per heavy atom. The van der Waals surface area contributed by atoms with Gasteiger partial charge in [0.05, 0.1) is 13.1 Å². The van der Waals surface area contributed by atoms with Crippen molar-refractivity contribution < 1.29 is 9.59 Å². The number of nitrogens with zero attached hydrogens (tertiary/aromatic N) is 1. The molecule has 126 valence electrons. The molecule has 0 spiro atoms. The topological polar surface area (TPSA) is 61.4 Å². The maximum absolute atomic E-state index is 12.0. The molecular weight excluding hydrogens is 290 g/mol. The van der Waals surface area contributed by atoms with Crippen LogP contribution in [0.25, 0.3) is 0 Å². The molecule has 5 heteroatoms. The van der Waals surface area contributed by atoms with Gasteiger partial charge in [-0.1, -0.05) is 25.1 Å². The molecule has 0 bridgehead atoms. The predicted molar refractivity (Wildman–Crippen MR) is 92.4 cm³/mol. The van der Waals surface area contributed by atoms with Crippen LogP contribution in [0.1, 0.15) is 30.9 Å². The first-order valence-electron chi connectivity index (χ1n) is 8.31. The first-order chi connectivity index (χ1) is 11.0. The fraction of sp³-hybridized carbons (Fsp3) is 0.556. The van der Waals surface area contributed by atoms with Crippen LogP contribution in [-0.4, -0.2) is 42.9 Å². The zero-order valence-corrected chi connectivity index (χ0v) is 14.3. The van der Waals surface area contributed by atoms with Crippen molar-refractivity contribution in [1.29, 1.82) is 0 Å². The second-order valence-corrected chi connectivity index (χ2v) is 6.57. The van der Waals surface area contributed by atoms with E-state index in [4.69, 9.17) is 0 Å². The number of nitrogens with one attached hydrogen (secondary N) is 2. The molecule has 5 nitrogen and oxygen atoms in total. The summed E-state index contributed by atoms with van der Waals surface area (Å²) in [5, 5.41) is 5.59. The zero-order valence-electron chi connectivity index (χ0n) is 14.3. The third-order valence-corrected chi connectivity index (χ3v) is 4.30. The van der Waals surface area contributed by atoms with Gasteiger partial charge in [-0.3, -0.25) is 14.5 Å². The Balaban J connectivity index is 1.76. The summed E-state index contributed by atoms with van der Waals surface area (Å²) in [5.74, 6) is 0.363. The van der Waals surface area contributed by atoms with Crippen molar-refractivity contribution >= 4 is 17.5 Å². The number of carbonyl (C=O) groups excluding carboxylic acids is 2. The van der Waals surface area contributed by atoms with Crippen LogP contribution in [0, 0.1) is 19.8 Å². The lowest BCUT2D eigenvalue weighted by Crippen LogP contribution is -2.43. The number of benzene rings is 1. The van der Waals surface area contributed by atoms with Crippen molar-refractivity contribution in [3.63, 3.8) is 0 Å². The molecule has 0 unspecified atom stereocenters. The number of carbonyl (C=O) groups is 2. The molecule has 1 fully saturated rings. The van der Waals surface area contributed by atoms with Crippen LogP contribution in [0.5, 0.6) is 0 Å². The first-order valence-corrected chi connectivity index (χ1v) is 8.31. The summed E-state index contributed by atoms with van der Waals surface area (Å²) in [5.41, 5.74) is 2.87. The van der Waals surface area contributed by atoms with Gasteiger partial charge in [-0.15, -0.1) is 0 Å². The number of hydrogen-bond acceptors (Lipinski definition) is 3. The van der Waals surface area contributed by atoms with Gasteiger partial charge >= 0.3 is 0 Å². The van der Waals surface area contributed by atoms with Crippen LogP contribution in [0.3, 0.4) is 0 Å². The van der Waals surface area contributed by atoms with Gasteiger partial charge in [0.1, 0.15) is 0 Å². The lowest BCUT2D eigenvalue weighted by molar-refractivity contribution is -0.125. The normalized spacial score (nSPS) is 18.5. The Kier molecular flexibility index (Phi) is 6.16. The van der Waals surface area contributed by atoms with Crippen molar-refractivity contribution in [1.82, 2.24) is 10.2 Å². The number of hydrogen-bond donors (Lipinski definition) is 2. The second-order valence-electron chi connectivity index (χ2n) is 6.57. The van der Waals surface area contributed by atoms with Gasteiger partial charge in [0.2, 0.25) is 11.8 Å². The van der Waals surface area contributed by atoms with E-state index in [9.17, 15) is 9.59 Å². The number of anilines is 1. The van der Waals surface area contributed by atoms with E-state index in [1.165, 1.54) is 6.42 Å². The monoisotopic (exact) mass is 317 g/mol. The molecular formula is C18H27N3O2. The average Bonchev–Trinajstić information content (AvgIpc) is 2.49. The minimum absolute atomic E-state index is 0.00992. The predicted octanol–water partition coefficient (Wildman–Crippen LogP) is 2.09. The van der Waals surface area contributed by atoms with Crippen molar-refractivity contribution in [3.05, 3.63) is 29.3 Å². The summed E-state index contributed by atoms with van der Waals surface area (Å²) in [6.07, 6.45) is 2.37. The van der Waals surface area contributed by atoms with Crippen LogP contribution in [0.2, 0.25) is 0 Å². The third-order valence-electron chi connectivity index (χ3n) is 4.30. The highest BCUT2D eigenvalue weighted by molar-refractivity contribution is 5.95. The van der Waals surface area contributed by atoms with Gasteiger partial charge in [-0.05, 0) is 50.3 Å². The van der Waals surface area contributed by atoms with Crippen molar-refractivity contribution in [2.75, 3.05) is 31.5 Å². The highest BCUT2D eigenvalue weighted by atomic mass is 16.2. The van der Waals surface area contributed by atoms with Crippen molar-refractivity contribution in [2.45, 2.75) is 33.6 Å². The minimum Gasteiger partial charge on any atom is -0.346 e. The average molecular weight is 317 g/mol. The molecule has 1 atom stereocenters. The van der Waals surface area contributed by atoms with Crippen LogP contribution in [0.4, 0.5) is 5.69 Å². The van der Waals surface area contributed by atoms with E-state index in [-0.39, 0.29) is 18.4 Å². The maximum Gasteiger partial charge on any atom is 0.243 e. The fourth-order valence-corrected chi connectivity index (χ4v) is 3.06. The van der Waals surface area contributed by atoms with Gasteiger partial charge in [-0.25, -0.2) is 0 Å². The Hall–Kier alpha value is -1.88. The van der Waals surface area contributed by atoms with Crippen LogP contribution in [-0.2, 0) is 9.59 Å². The summed E-state index contributed by atoms with van der Waals surface area (Å²) in [4.78, 5) is 26.2. The Bertz CT molecular complexity index is 551. The highest BCUT2D eigenvalue weighted by Gasteiger charge is 2.18. The van der Waals surface area contributed by atoms with Gasteiger partial charge in [0, 0.05) is 12.2 Å². The van der Waals surface area contributed by atoms with Gasteiger partial charge in [-0.2, -0.15) is 0 Å². The summed E-state index contributed by atoms with van der Waals surface area (Å²) in [6.45, 7) is 8.44. The summed E-state index contributed by atoms with van der Waals surface area (Å²) >= 11 is 0. The number of piperidine rings is 1. The van der Waals surface area contributed by atoms with E-state index in [1.54, 1.807) is 0 Å². The fourth-order valence-electron chi connectivity index (χ4n) is 3.06. The smallest absolute Gasteiger partial charge is 0.243 e. The lowest BCUT2D eigenvalue weighted by Gasteiger charge is -2.30. The number of rotatable bonds is 5. The van der Waals surface area contributed by atoms with Gasteiger partial charge < -0.3 is 10.6 Å². The minimum atomic E-state index is -0.192. The quantitative estimate of drug-likeness (QED) is 0.874. The SMILES string of the molecule is Cc1cccc(C)c1NC(=O)CNC(=O)CN1CCC[C@H](C)C1. The number of amides is 2. The van der Waals surface area contributed by atoms with Gasteiger partial charge in [0.25, 0.3) is 0 Å². The number of aryl methyl sites for hydroxylation is 2. The molecule has 2 N–H and O–H groups in total. The number of likely N-dealkylation sites (tertiary alicyclic amines) is 1. The Morgan fingerprint density at radius 1 is 1.22 bits per heavy atom. The molecule has 1 aromatic rings. The molecule has 2 rings (SSSR count). The lowest BCUT2D eigenvalue weighted by atomic mass is 10.0. The van der Waals surface area contributed by atoms with E-state index < -0.39 is 0 Å². The molecule has 0 aliphatic carbocycles. The molecule has 1 aliphatic heterocycles. The van der Waals surface area contributed by atoms with Crippen LogP contribution >= 0.6 is 0 Å². The van der Waals surface area contributed by atoms with E-state index in [0.29, 0.717) is 12.5 Å². The van der Waals surface area contributed by atoms with E-state index in [2.05, 4.69) is 22.5 Å². The summed E-state index contributed by atoms with van der Waals surface area (Å²) < 4.78 is 0. The molecule has 1 heterocycles. The molecule has 2 amide bonds. The van der Waals surface area contributed by atoms with Crippen molar-refractivity contribution in [3.8, 4) is 0 Å². The molecule has 1 aromatic carbocycles. The molecule has 1 saturated heterocycles. The summed E-state index contributed by atoms with van der Waals surface area (Å²) in [7, 11) is 0. The summed E-state index contributed by atoms with van der Waals surface area (Å²) in [6, 6.07) is 5.87. The molecule has 0 radical (unpaired) electrons. The Morgan fingerprint density at radius 2 is 1.91 bits per heavy atom. The molecule has 0 aromatic heterocycles. The van der Waals surface area contributed by atoms with Crippen LogP contribution < -0.4 is 10.6 Å². The largest absolute Gasteiger partial charge is 0.346 e. The van der Waals surface area contributed by atoms with Crippen LogP contribution in [0.15, 0.2) is 18.2 Å². The van der Waals surface area contributed by atoms with Crippen molar-refractivity contribution in [2.24, 2.45) is 5.92 Å². The molecule has 0 saturated carbocycles. The van der Waals surface area contributed by atoms with E-state index in [0.717, 1.165) is 36.3 Å². The first kappa shape index (κ1) is 17.5. The molecule has 1 aliphatic rings. The number of para-hydroxylation sites is 1. The molecule has 23 heavy (non-hydrogen) atoms. The zero-order chi connectivity index (χ0) is 16.8. The van der Waals surface area contributed by atoms with E-state index >= 15 is 0 Å². The maximum atomic E-state index is 12.0. The third kappa shape index (κ3) is 5.36. The van der Waals surface area contributed by atoms with E-state index in [1.807, 2.05) is 32.0 Å². The standard InChI is InChI=1S/C18H27N3O2/c1-13-6-5-9-21(11-13)12-17(23)19-10-16(22)20-18-14(2)7-4-8-15(18)3/h4,7-8,13H,5-6,9-12H2,1-3H3,(H,19,23)(H,20,22)/t13-/m0/s1. The van der Waals surface area contributed by atoms with Gasteiger partial charge in [0.15, 0.2) is 0 Å². The highest BCUT2D eigenvalue weighted by Crippen LogP contribution is 2.19. The second kappa shape index (κ2) is 8.11. The Labute approximate surface area is 138 Å².